The van der Waals surface area contributed by atoms with Crippen LogP contribution in [0.3, 0.4) is 0 Å². The van der Waals surface area contributed by atoms with Gasteiger partial charge in [-0.05, 0) is 40.0 Å². The molecule has 3 heteroatoms. The number of rotatable bonds is 4. The number of nitrogens with two attached hydrogens (primary N) is 1. The van der Waals surface area contributed by atoms with Crippen LogP contribution in [0, 0.1) is 0 Å². The summed E-state index contributed by atoms with van der Waals surface area (Å²) >= 11 is 0. The van der Waals surface area contributed by atoms with E-state index < -0.39 is 5.60 Å². The Kier molecular flexibility index (Phi) is 4.56. The van der Waals surface area contributed by atoms with Gasteiger partial charge in [0.2, 0.25) is 0 Å². The molecule has 1 heterocycles. The fraction of sp³-hybridized carbons (Fsp3) is 1.00. The van der Waals surface area contributed by atoms with Crippen LogP contribution >= 0.6 is 0 Å². The van der Waals surface area contributed by atoms with Crippen molar-refractivity contribution in [2.45, 2.75) is 64.1 Å². The number of hydrogen-bond donors (Lipinski definition) is 2. The zero-order valence-electron chi connectivity index (χ0n) is 10.4. The molecule has 0 bridgehead atoms. The molecule has 0 aliphatic carbocycles. The van der Waals surface area contributed by atoms with Gasteiger partial charge in [-0.1, -0.05) is 6.42 Å². The summed E-state index contributed by atoms with van der Waals surface area (Å²) in [5.41, 5.74) is 5.23. The lowest BCUT2D eigenvalue weighted by Crippen LogP contribution is -2.50. The second-order valence-electron chi connectivity index (χ2n) is 5.47. The van der Waals surface area contributed by atoms with E-state index in [1.807, 2.05) is 13.8 Å². The van der Waals surface area contributed by atoms with Crippen LogP contribution in [0.15, 0.2) is 0 Å². The Morgan fingerprint density at radius 1 is 1.40 bits per heavy atom. The molecule has 3 nitrogen and oxygen atoms in total. The molecule has 2 unspecified atom stereocenters. The molecule has 1 aliphatic heterocycles. The number of piperidine rings is 1. The lowest BCUT2D eigenvalue weighted by atomic mass is 9.95. The maximum Gasteiger partial charge on any atom is 0.0603 e. The van der Waals surface area contributed by atoms with Crippen LogP contribution < -0.4 is 5.73 Å². The van der Waals surface area contributed by atoms with Gasteiger partial charge in [-0.2, -0.15) is 0 Å². The molecule has 15 heavy (non-hydrogen) atoms. The van der Waals surface area contributed by atoms with E-state index in [-0.39, 0.29) is 0 Å². The second-order valence-corrected chi connectivity index (χ2v) is 5.47. The maximum absolute atomic E-state index is 9.74. The molecule has 0 aromatic heterocycles. The van der Waals surface area contributed by atoms with E-state index in [1.54, 1.807) is 0 Å². The predicted octanol–water partition coefficient (Wildman–Crippen LogP) is 1.35. The zero-order valence-corrected chi connectivity index (χ0v) is 10.4. The average Bonchev–Trinajstić information content (AvgIpc) is 2.14. The van der Waals surface area contributed by atoms with Gasteiger partial charge in [0.25, 0.3) is 0 Å². The van der Waals surface area contributed by atoms with Gasteiger partial charge < -0.3 is 10.8 Å². The molecule has 2 atom stereocenters. The summed E-state index contributed by atoms with van der Waals surface area (Å²) in [5.74, 6) is 0. The number of hydrogen-bond acceptors (Lipinski definition) is 3. The molecule has 0 saturated carbocycles. The van der Waals surface area contributed by atoms with Gasteiger partial charge in [0, 0.05) is 25.2 Å². The topological polar surface area (TPSA) is 49.5 Å². The average molecular weight is 214 g/mol. The number of aliphatic hydroxyl groups is 1. The van der Waals surface area contributed by atoms with Crippen molar-refractivity contribution in [1.29, 1.82) is 0 Å². The fourth-order valence-electron chi connectivity index (χ4n) is 2.40. The Morgan fingerprint density at radius 3 is 2.60 bits per heavy atom. The largest absolute Gasteiger partial charge is 0.390 e. The molecule has 1 fully saturated rings. The summed E-state index contributed by atoms with van der Waals surface area (Å²) in [6.45, 7) is 7.73. The third kappa shape index (κ3) is 4.09. The fourth-order valence-corrected chi connectivity index (χ4v) is 2.40. The highest BCUT2D eigenvalue weighted by atomic mass is 16.3. The van der Waals surface area contributed by atoms with Gasteiger partial charge in [-0.15, -0.1) is 0 Å². The molecule has 1 rings (SSSR count). The van der Waals surface area contributed by atoms with E-state index in [4.69, 9.17) is 5.73 Å². The molecule has 90 valence electrons. The van der Waals surface area contributed by atoms with Gasteiger partial charge in [0.15, 0.2) is 0 Å². The number of likely N-dealkylation sites (tertiary alicyclic amines) is 1. The van der Waals surface area contributed by atoms with Crippen molar-refractivity contribution in [2.24, 2.45) is 5.73 Å². The lowest BCUT2D eigenvalue weighted by Gasteiger charge is -2.41. The van der Waals surface area contributed by atoms with E-state index in [9.17, 15) is 5.11 Å². The first-order valence-electron chi connectivity index (χ1n) is 6.12. The van der Waals surface area contributed by atoms with Crippen LogP contribution in [0.1, 0.15) is 46.5 Å². The first kappa shape index (κ1) is 12.9. The molecule has 0 aromatic rings. The van der Waals surface area contributed by atoms with Gasteiger partial charge in [-0.25, -0.2) is 0 Å². The van der Waals surface area contributed by atoms with E-state index >= 15 is 0 Å². The summed E-state index contributed by atoms with van der Waals surface area (Å²) in [6.07, 6.45) is 4.60. The highest BCUT2D eigenvalue weighted by Gasteiger charge is 2.27. The van der Waals surface area contributed by atoms with Crippen LogP contribution in [-0.2, 0) is 0 Å². The van der Waals surface area contributed by atoms with Crippen LogP contribution in [0.4, 0.5) is 0 Å². The molecule has 1 saturated heterocycles. The molecule has 0 spiro atoms. The highest BCUT2D eigenvalue weighted by molar-refractivity contribution is 4.84. The minimum absolute atomic E-state index is 0.524. The van der Waals surface area contributed by atoms with Crippen molar-refractivity contribution >= 4 is 0 Å². The molecule has 3 N–H and O–H groups in total. The Labute approximate surface area is 93.6 Å². The monoisotopic (exact) mass is 214 g/mol. The minimum Gasteiger partial charge on any atom is -0.390 e. The summed E-state index contributed by atoms with van der Waals surface area (Å²) in [6, 6.07) is 1.14. The Hall–Kier alpha value is -0.120. The van der Waals surface area contributed by atoms with E-state index in [2.05, 4.69) is 11.8 Å². The normalized spacial score (nSPS) is 29.4. The Morgan fingerprint density at radius 2 is 2.07 bits per heavy atom. The summed E-state index contributed by atoms with van der Waals surface area (Å²) in [7, 11) is 0. The second kappa shape index (κ2) is 5.28. The van der Waals surface area contributed by atoms with Gasteiger partial charge in [0.1, 0.15) is 0 Å². The van der Waals surface area contributed by atoms with Crippen molar-refractivity contribution in [3.8, 4) is 0 Å². The molecular formula is C12H26N2O. The van der Waals surface area contributed by atoms with Crippen LogP contribution in [-0.4, -0.2) is 40.8 Å². The van der Waals surface area contributed by atoms with Crippen molar-refractivity contribution in [2.75, 3.05) is 13.1 Å². The van der Waals surface area contributed by atoms with Gasteiger partial charge in [0.05, 0.1) is 5.60 Å². The third-order valence-electron chi connectivity index (χ3n) is 3.45. The first-order chi connectivity index (χ1) is 6.94. The van der Waals surface area contributed by atoms with E-state index in [1.165, 1.54) is 19.3 Å². The van der Waals surface area contributed by atoms with Gasteiger partial charge in [-0.3, -0.25) is 4.90 Å². The molecule has 0 amide bonds. The summed E-state index contributed by atoms with van der Waals surface area (Å²) in [4.78, 5) is 2.47. The van der Waals surface area contributed by atoms with Crippen molar-refractivity contribution in [3.05, 3.63) is 0 Å². The standard InChI is InChI=1S/C12H26N2O/c1-10-5-4-6-11(9-13)14(10)8-7-12(2,3)15/h10-11,15H,4-9,13H2,1-3H3. The number of nitrogens with zero attached hydrogens (tertiary/aromatic N) is 1. The molecule has 0 radical (unpaired) electrons. The molecule has 1 aliphatic rings. The zero-order chi connectivity index (χ0) is 11.5. The third-order valence-corrected chi connectivity index (χ3v) is 3.45. The lowest BCUT2D eigenvalue weighted by molar-refractivity contribution is 0.0304. The first-order valence-corrected chi connectivity index (χ1v) is 6.12. The van der Waals surface area contributed by atoms with Crippen molar-refractivity contribution in [1.82, 2.24) is 4.90 Å². The Bertz CT molecular complexity index is 189. The molecular weight excluding hydrogens is 188 g/mol. The quantitative estimate of drug-likeness (QED) is 0.742. The highest BCUT2D eigenvalue weighted by Crippen LogP contribution is 2.23. The smallest absolute Gasteiger partial charge is 0.0603 e. The predicted molar refractivity (Wildman–Crippen MR) is 63.8 cm³/mol. The summed E-state index contributed by atoms with van der Waals surface area (Å²) < 4.78 is 0. The minimum atomic E-state index is -0.559. The van der Waals surface area contributed by atoms with Gasteiger partial charge >= 0.3 is 0 Å². The van der Waals surface area contributed by atoms with Crippen LogP contribution in [0.2, 0.25) is 0 Å². The van der Waals surface area contributed by atoms with E-state index in [0.717, 1.165) is 19.5 Å². The van der Waals surface area contributed by atoms with E-state index in [0.29, 0.717) is 12.1 Å². The SMILES string of the molecule is CC1CCCC(CN)N1CCC(C)(C)O. The van der Waals surface area contributed by atoms with Crippen molar-refractivity contribution in [3.63, 3.8) is 0 Å². The maximum atomic E-state index is 9.74. The van der Waals surface area contributed by atoms with Crippen LogP contribution in [0.25, 0.3) is 0 Å². The molecule has 0 aromatic carbocycles. The van der Waals surface area contributed by atoms with Crippen molar-refractivity contribution < 1.29 is 5.11 Å². The van der Waals surface area contributed by atoms with Crippen LogP contribution in [0.5, 0.6) is 0 Å². The Balaban J connectivity index is 2.47. The summed E-state index contributed by atoms with van der Waals surface area (Å²) in [5, 5.41) is 9.74.